The molecule has 2 N–H and O–H groups in total. The van der Waals surface area contributed by atoms with E-state index >= 15 is 0 Å². The van der Waals surface area contributed by atoms with Crippen molar-refractivity contribution in [1.82, 2.24) is 19.4 Å². The van der Waals surface area contributed by atoms with E-state index in [9.17, 15) is 14.4 Å². The summed E-state index contributed by atoms with van der Waals surface area (Å²) in [5, 5.41) is 6.38. The Morgan fingerprint density at radius 2 is 1.89 bits per heavy atom. The number of anilines is 2. The van der Waals surface area contributed by atoms with Gasteiger partial charge in [-0.25, -0.2) is 4.98 Å². The third-order valence-electron chi connectivity index (χ3n) is 7.44. The summed E-state index contributed by atoms with van der Waals surface area (Å²) in [5.74, 6) is -0.0836. The molecule has 2 aliphatic rings. The zero-order chi connectivity index (χ0) is 26.3. The molecule has 3 aromatic heterocycles. The molecule has 1 aromatic carbocycles. The van der Waals surface area contributed by atoms with Crippen LogP contribution in [0, 0.1) is 5.41 Å². The predicted molar refractivity (Wildman–Crippen MR) is 146 cm³/mol. The van der Waals surface area contributed by atoms with E-state index in [0.717, 1.165) is 43.4 Å². The second-order valence-corrected chi connectivity index (χ2v) is 11.0. The lowest BCUT2D eigenvalue weighted by molar-refractivity contribution is -0.125. The maximum absolute atomic E-state index is 13.2. The number of benzene rings is 1. The second-order valence-electron chi connectivity index (χ2n) is 9.88. The Hall–Kier alpha value is -4.31. The van der Waals surface area contributed by atoms with Gasteiger partial charge < -0.3 is 14.8 Å². The minimum absolute atomic E-state index is 0.0155. The van der Waals surface area contributed by atoms with Crippen molar-refractivity contribution in [2.75, 3.05) is 23.7 Å². The standard InChI is InChI=1S/C28H26N6O3S/c1-2-24(35)33-13-11-28(17-33)14-19(15-28)34-21-8-4-3-7-20(21)30-27(34)32-26(37)22-9-10-23(38-22)31-25(36)18-6-5-12-29-16-18/h2-10,12,16,19H,1,11,13-15,17H2,(H,31,36)(H,30,32,37)/t19-,28-. The number of likely N-dealkylation sites (tertiary alicyclic amines) is 1. The van der Waals surface area contributed by atoms with Crippen LogP contribution in [0.3, 0.4) is 0 Å². The fraction of sp³-hybridized carbons (Fsp3) is 0.250. The van der Waals surface area contributed by atoms with E-state index in [1.807, 2.05) is 29.2 Å². The van der Waals surface area contributed by atoms with Gasteiger partial charge in [-0.15, -0.1) is 11.3 Å². The monoisotopic (exact) mass is 526 g/mol. The molecule has 1 spiro atoms. The van der Waals surface area contributed by atoms with Gasteiger partial charge >= 0.3 is 0 Å². The SMILES string of the molecule is C=CC(=O)N1CC[C@]2(C1)C[C@H](n1c(NC(=O)c3ccc(NC(=O)c4cccnc4)s3)nc3ccccc31)C2. The number of imidazole rings is 1. The molecule has 0 unspecified atom stereocenters. The maximum atomic E-state index is 13.2. The fourth-order valence-electron chi connectivity index (χ4n) is 5.58. The molecular weight excluding hydrogens is 500 g/mol. The number of thiophene rings is 1. The summed E-state index contributed by atoms with van der Waals surface area (Å²) in [6.07, 6.45) is 7.29. The van der Waals surface area contributed by atoms with Crippen LogP contribution in [-0.4, -0.2) is 50.2 Å². The number of carbonyl (C=O) groups is 3. The van der Waals surface area contributed by atoms with Gasteiger partial charge in [-0.05, 0) is 67.2 Å². The van der Waals surface area contributed by atoms with Crippen molar-refractivity contribution in [1.29, 1.82) is 0 Å². The average Bonchev–Trinajstić information content (AvgIpc) is 3.65. The first kappa shape index (κ1) is 24.1. The van der Waals surface area contributed by atoms with Crippen molar-refractivity contribution in [2.24, 2.45) is 5.41 Å². The number of pyridine rings is 1. The number of aromatic nitrogens is 3. The molecule has 6 rings (SSSR count). The zero-order valence-corrected chi connectivity index (χ0v) is 21.4. The average molecular weight is 527 g/mol. The lowest BCUT2D eigenvalue weighted by atomic mass is 9.65. The van der Waals surface area contributed by atoms with Crippen LogP contribution in [0.1, 0.15) is 45.3 Å². The van der Waals surface area contributed by atoms with Gasteiger partial charge in [0.1, 0.15) is 0 Å². The Bertz CT molecular complexity index is 1550. The molecule has 3 amide bonds. The Morgan fingerprint density at radius 3 is 2.68 bits per heavy atom. The Morgan fingerprint density at radius 1 is 1.05 bits per heavy atom. The van der Waals surface area contributed by atoms with Gasteiger partial charge in [0, 0.05) is 31.5 Å². The molecule has 2 fully saturated rings. The van der Waals surface area contributed by atoms with Crippen LogP contribution >= 0.6 is 11.3 Å². The second kappa shape index (κ2) is 9.53. The minimum Gasteiger partial charge on any atom is -0.339 e. The number of hydrogen-bond donors (Lipinski definition) is 2. The van der Waals surface area contributed by atoms with Crippen LogP contribution in [-0.2, 0) is 4.79 Å². The first-order valence-electron chi connectivity index (χ1n) is 12.5. The van der Waals surface area contributed by atoms with Crippen LogP contribution in [0.5, 0.6) is 0 Å². The fourth-order valence-corrected chi connectivity index (χ4v) is 6.38. The highest BCUT2D eigenvalue weighted by Gasteiger charge is 2.50. The van der Waals surface area contributed by atoms with E-state index in [-0.39, 0.29) is 29.2 Å². The predicted octanol–water partition coefficient (Wildman–Crippen LogP) is 4.74. The Kier molecular flexibility index (Phi) is 6.03. The summed E-state index contributed by atoms with van der Waals surface area (Å²) >= 11 is 1.20. The molecule has 1 aliphatic heterocycles. The van der Waals surface area contributed by atoms with E-state index in [0.29, 0.717) is 21.4 Å². The molecule has 38 heavy (non-hydrogen) atoms. The van der Waals surface area contributed by atoms with Crippen molar-refractivity contribution in [3.8, 4) is 0 Å². The third-order valence-corrected chi connectivity index (χ3v) is 8.44. The molecule has 4 aromatic rings. The number of carbonyl (C=O) groups excluding carboxylic acids is 3. The molecule has 10 heteroatoms. The number of nitrogens with zero attached hydrogens (tertiary/aromatic N) is 4. The highest BCUT2D eigenvalue weighted by molar-refractivity contribution is 7.18. The molecular formula is C28H26N6O3S. The van der Waals surface area contributed by atoms with Crippen molar-refractivity contribution >= 4 is 51.0 Å². The summed E-state index contributed by atoms with van der Waals surface area (Å²) in [5.41, 5.74) is 2.33. The minimum atomic E-state index is -0.286. The largest absolute Gasteiger partial charge is 0.339 e. The Balaban J connectivity index is 1.19. The highest BCUT2D eigenvalue weighted by Crippen LogP contribution is 2.55. The number of amides is 3. The number of fused-ring (bicyclic) bond motifs is 1. The van der Waals surface area contributed by atoms with Gasteiger partial charge in [0.05, 0.1) is 26.5 Å². The number of rotatable bonds is 6. The van der Waals surface area contributed by atoms with Crippen LogP contribution in [0.15, 0.2) is 73.6 Å². The van der Waals surface area contributed by atoms with Crippen LogP contribution in [0.2, 0.25) is 0 Å². The summed E-state index contributed by atoms with van der Waals surface area (Å²) in [6, 6.07) is 14.8. The highest BCUT2D eigenvalue weighted by atomic mass is 32.1. The molecule has 1 aliphatic carbocycles. The Labute approximate surface area is 223 Å². The quantitative estimate of drug-likeness (QED) is 0.353. The third kappa shape index (κ3) is 4.37. The van der Waals surface area contributed by atoms with Gasteiger partial charge in [-0.1, -0.05) is 18.7 Å². The zero-order valence-electron chi connectivity index (χ0n) is 20.6. The maximum Gasteiger partial charge on any atom is 0.268 e. The summed E-state index contributed by atoms with van der Waals surface area (Å²) in [4.78, 5) is 48.8. The lowest BCUT2D eigenvalue weighted by Gasteiger charge is -2.46. The van der Waals surface area contributed by atoms with Gasteiger partial charge in [-0.2, -0.15) is 0 Å². The van der Waals surface area contributed by atoms with Crippen LogP contribution < -0.4 is 10.6 Å². The van der Waals surface area contributed by atoms with Crippen LogP contribution in [0.25, 0.3) is 11.0 Å². The van der Waals surface area contributed by atoms with Gasteiger partial charge in [-0.3, -0.25) is 24.7 Å². The van der Waals surface area contributed by atoms with Crippen LogP contribution in [0.4, 0.5) is 10.9 Å². The molecule has 192 valence electrons. The van der Waals surface area contributed by atoms with Crippen molar-refractivity contribution in [2.45, 2.75) is 25.3 Å². The molecule has 0 atom stereocenters. The van der Waals surface area contributed by atoms with Crippen molar-refractivity contribution < 1.29 is 14.4 Å². The number of nitrogens with one attached hydrogen (secondary N) is 2. The number of hydrogen-bond acceptors (Lipinski definition) is 6. The van der Waals surface area contributed by atoms with E-state index < -0.39 is 0 Å². The number of para-hydroxylation sites is 2. The van der Waals surface area contributed by atoms with Gasteiger partial charge in [0.2, 0.25) is 11.9 Å². The van der Waals surface area contributed by atoms with E-state index in [4.69, 9.17) is 4.98 Å². The first-order chi connectivity index (χ1) is 18.4. The summed E-state index contributed by atoms with van der Waals surface area (Å²) in [7, 11) is 0. The van der Waals surface area contributed by atoms with E-state index in [1.165, 1.54) is 23.6 Å². The van der Waals surface area contributed by atoms with Crippen molar-refractivity contribution in [3.63, 3.8) is 0 Å². The lowest BCUT2D eigenvalue weighted by Crippen LogP contribution is -2.42. The van der Waals surface area contributed by atoms with Crippen molar-refractivity contribution in [3.05, 3.63) is 84.0 Å². The smallest absolute Gasteiger partial charge is 0.268 e. The molecule has 1 saturated heterocycles. The molecule has 4 heterocycles. The van der Waals surface area contributed by atoms with E-state index in [1.54, 1.807) is 30.5 Å². The first-order valence-corrected chi connectivity index (χ1v) is 13.3. The van der Waals surface area contributed by atoms with E-state index in [2.05, 4.69) is 26.8 Å². The summed E-state index contributed by atoms with van der Waals surface area (Å²) in [6.45, 7) is 5.11. The molecule has 1 saturated carbocycles. The van der Waals surface area contributed by atoms with Gasteiger partial charge in [0.25, 0.3) is 11.8 Å². The summed E-state index contributed by atoms with van der Waals surface area (Å²) < 4.78 is 2.12. The molecule has 0 radical (unpaired) electrons. The normalized spacial score (nSPS) is 20.3. The van der Waals surface area contributed by atoms with Gasteiger partial charge in [0.15, 0.2) is 0 Å². The molecule has 0 bridgehead atoms. The topological polar surface area (TPSA) is 109 Å². The molecule has 9 nitrogen and oxygen atoms in total.